The maximum atomic E-state index is 13.4. The minimum Gasteiger partial charge on any atom is -0.341 e. The van der Waals surface area contributed by atoms with Crippen LogP contribution in [-0.4, -0.2) is 47.4 Å². The first-order valence-electron chi connectivity index (χ1n) is 8.10. The molecule has 0 radical (unpaired) electrons. The average molecular weight is 321 g/mol. The third-order valence-electron chi connectivity index (χ3n) is 4.32. The summed E-state index contributed by atoms with van der Waals surface area (Å²) in [5, 5.41) is 2.73. The molecule has 3 amide bonds. The smallest absolute Gasteiger partial charge is 0.322 e. The van der Waals surface area contributed by atoms with Gasteiger partial charge in [0, 0.05) is 25.3 Å². The summed E-state index contributed by atoms with van der Waals surface area (Å²) in [6.07, 6.45) is 1.47. The van der Waals surface area contributed by atoms with E-state index in [0.29, 0.717) is 31.7 Å². The number of anilines is 1. The van der Waals surface area contributed by atoms with E-state index in [9.17, 15) is 14.0 Å². The predicted octanol–water partition coefficient (Wildman–Crippen LogP) is 3.00. The molecule has 23 heavy (non-hydrogen) atoms. The summed E-state index contributed by atoms with van der Waals surface area (Å²) < 4.78 is 13.4. The van der Waals surface area contributed by atoms with E-state index in [2.05, 4.69) is 5.32 Å². The monoisotopic (exact) mass is 321 g/mol. The number of benzene rings is 1. The van der Waals surface area contributed by atoms with Crippen molar-refractivity contribution < 1.29 is 14.0 Å². The summed E-state index contributed by atoms with van der Waals surface area (Å²) in [6, 6.07) is 3.50. The summed E-state index contributed by atoms with van der Waals surface area (Å²) in [5.41, 5.74) is 1.22. The minimum absolute atomic E-state index is 0.0152. The Kier molecular flexibility index (Phi) is 5.58. The standard InChI is InChI=1S/C17H24FN3O2/c1-4-20(5-2)16(22)15-7-6-10-21(15)17(23)19-14-11-13(18)9-8-12(14)3/h8-9,11,15H,4-7,10H2,1-3H3,(H,19,23)/t15-/m1/s1. The maximum absolute atomic E-state index is 13.4. The molecule has 1 heterocycles. The van der Waals surface area contributed by atoms with Crippen LogP contribution in [0.3, 0.4) is 0 Å². The number of aryl methyl sites for hydroxylation is 1. The van der Waals surface area contributed by atoms with Crippen molar-refractivity contribution >= 4 is 17.6 Å². The molecular weight excluding hydrogens is 297 g/mol. The molecular formula is C17H24FN3O2. The number of hydrogen-bond acceptors (Lipinski definition) is 2. The average Bonchev–Trinajstić information content (AvgIpc) is 3.01. The van der Waals surface area contributed by atoms with Gasteiger partial charge in [-0.25, -0.2) is 9.18 Å². The molecule has 1 aromatic carbocycles. The van der Waals surface area contributed by atoms with Crippen molar-refractivity contribution in [2.45, 2.75) is 39.7 Å². The third kappa shape index (κ3) is 3.81. The van der Waals surface area contributed by atoms with Crippen molar-refractivity contribution in [1.29, 1.82) is 0 Å². The van der Waals surface area contributed by atoms with Gasteiger partial charge >= 0.3 is 6.03 Å². The molecule has 2 rings (SSSR count). The van der Waals surface area contributed by atoms with E-state index in [0.717, 1.165) is 12.0 Å². The molecule has 1 aliphatic rings. The van der Waals surface area contributed by atoms with Crippen LogP contribution in [0.15, 0.2) is 18.2 Å². The quantitative estimate of drug-likeness (QED) is 0.927. The number of nitrogens with one attached hydrogen (secondary N) is 1. The zero-order chi connectivity index (χ0) is 17.0. The summed E-state index contributed by atoms with van der Waals surface area (Å²) in [6.45, 7) is 7.46. The number of urea groups is 1. The molecule has 0 aliphatic carbocycles. The maximum Gasteiger partial charge on any atom is 0.322 e. The number of hydrogen-bond donors (Lipinski definition) is 1. The summed E-state index contributed by atoms with van der Waals surface area (Å²) in [5.74, 6) is -0.415. The Labute approximate surface area is 136 Å². The van der Waals surface area contributed by atoms with Crippen LogP contribution in [-0.2, 0) is 4.79 Å². The first-order valence-corrected chi connectivity index (χ1v) is 8.10. The van der Waals surface area contributed by atoms with Gasteiger partial charge in [0.25, 0.3) is 0 Å². The fourth-order valence-electron chi connectivity index (χ4n) is 2.93. The fourth-order valence-corrected chi connectivity index (χ4v) is 2.93. The van der Waals surface area contributed by atoms with Crippen LogP contribution in [0, 0.1) is 12.7 Å². The molecule has 1 atom stereocenters. The van der Waals surface area contributed by atoms with Crippen molar-refractivity contribution in [2.75, 3.05) is 25.0 Å². The molecule has 0 spiro atoms. The van der Waals surface area contributed by atoms with Crippen LogP contribution in [0.5, 0.6) is 0 Å². The predicted molar refractivity (Wildman–Crippen MR) is 87.8 cm³/mol. The highest BCUT2D eigenvalue weighted by atomic mass is 19.1. The first kappa shape index (κ1) is 17.2. The molecule has 1 aromatic rings. The SMILES string of the molecule is CCN(CC)C(=O)[C@H]1CCCN1C(=O)Nc1cc(F)ccc1C. The topological polar surface area (TPSA) is 52.7 Å². The van der Waals surface area contributed by atoms with E-state index in [4.69, 9.17) is 0 Å². The van der Waals surface area contributed by atoms with Gasteiger partial charge in [-0.3, -0.25) is 4.79 Å². The molecule has 0 bridgehead atoms. The summed E-state index contributed by atoms with van der Waals surface area (Å²) >= 11 is 0. The molecule has 1 fully saturated rings. The van der Waals surface area contributed by atoms with Gasteiger partial charge in [0.15, 0.2) is 0 Å². The van der Waals surface area contributed by atoms with E-state index in [1.165, 1.54) is 12.1 Å². The Bertz CT molecular complexity index is 587. The number of likely N-dealkylation sites (N-methyl/N-ethyl adjacent to an activating group) is 1. The van der Waals surface area contributed by atoms with Gasteiger partial charge < -0.3 is 15.1 Å². The van der Waals surface area contributed by atoms with Crippen LogP contribution in [0.2, 0.25) is 0 Å². The van der Waals surface area contributed by atoms with E-state index in [1.807, 2.05) is 13.8 Å². The van der Waals surface area contributed by atoms with Gasteiger partial charge in [0.1, 0.15) is 11.9 Å². The van der Waals surface area contributed by atoms with E-state index in [-0.39, 0.29) is 11.9 Å². The third-order valence-corrected chi connectivity index (χ3v) is 4.32. The molecule has 0 aromatic heterocycles. The molecule has 0 unspecified atom stereocenters. The minimum atomic E-state index is -0.427. The number of carbonyl (C=O) groups is 2. The molecule has 1 saturated heterocycles. The second-order valence-electron chi connectivity index (χ2n) is 5.75. The van der Waals surface area contributed by atoms with Gasteiger partial charge in [-0.05, 0) is 51.3 Å². The Morgan fingerprint density at radius 3 is 2.70 bits per heavy atom. The highest BCUT2D eigenvalue weighted by Crippen LogP contribution is 2.22. The Morgan fingerprint density at radius 1 is 1.35 bits per heavy atom. The van der Waals surface area contributed by atoms with Crippen LogP contribution >= 0.6 is 0 Å². The van der Waals surface area contributed by atoms with Gasteiger partial charge in [0.2, 0.25) is 5.91 Å². The second kappa shape index (κ2) is 7.44. The summed E-state index contributed by atoms with van der Waals surface area (Å²) in [4.78, 5) is 28.4. The van der Waals surface area contributed by atoms with E-state index in [1.54, 1.807) is 22.8 Å². The number of halogens is 1. The molecule has 126 valence electrons. The number of carbonyl (C=O) groups excluding carboxylic acids is 2. The van der Waals surface area contributed by atoms with Gasteiger partial charge in [0.05, 0.1) is 0 Å². The van der Waals surface area contributed by atoms with Crippen molar-refractivity contribution in [3.63, 3.8) is 0 Å². The Balaban J connectivity index is 2.11. The lowest BCUT2D eigenvalue weighted by Gasteiger charge is -2.29. The first-order chi connectivity index (χ1) is 11.0. The molecule has 1 aliphatic heterocycles. The Hall–Kier alpha value is -2.11. The lowest BCUT2D eigenvalue weighted by atomic mass is 10.2. The highest BCUT2D eigenvalue weighted by Gasteiger charge is 2.36. The molecule has 0 saturated carbocycles. The highest BCUT2D eigenvalue weighted by molar-refractivity contribution is 5.94. The van der Waals surface area contributed by atoms with E-state index < -0.39 is 11.9 Å². The van der Waals surface area contributed by atoms with Gasteiger partial charge in [-0.2, -0.15) is 0 Å². The Morgan fingerprint density at radius 2 is 2.04 bits per heavy atom. The number of nitrogens with zero attached hydrogens (tertiary/aromatic N) is 2. The van der Waals surface area contributed by atoms with E-state index >= 15 is 0 Å². The number of rotatable bonds is 4. The largest absolute Gasteiger partial charge is 0.341 e. The van der Waals surface area contributed by atoms with Gasteiger partial charge in [-0.1, -0.05) is 6.07 Å². The van der Waals surface area contributed by atoms with Crippen LogP contribution in [0.1, 0.15) is 32.3 Å². The lowest BCUT2D eigenvalue weighted by Crippen LogP contribution is -2.49. The van der Waals surface area contributed by atoms with Crippen molar-refractivity contribution in [2.24, 2.45) is 0 Å². The van der Waals surface area contributed by atoms with Crippen LogP contribution < -0.4 is 5.32 Å². The van der Waals surface area contributed by atoms with Crippen LogP contribution in [0.25, 0.3) is 0 Å². The van der Waals surface area contributed by atoms with Crippen LogP contribution in [0.4, 0.5) is 14.9 Å². The number of likely N-dealkylation sites (tertiary alicyclic amines) is 1. The molecule has 6 heteroatoms. The molecule has 5 nitrogen and oxygen atoms in total. The fraction of sp³-hybridized carbons (Fsp3) is 0.529. The normalized spacial score (nSPS) is 17.2. The lowest BCUT2D eigenvalue weighted by molar-refractivity contribution is -0.134. The number of amides is 3. The zero-order valence-electron chi connectivity index (χ0n) is 13.9. The zero-order valence-corrected chi connectivity index (χ0v) is 13.9. The van der Waals surface area contributed by atoms with Crippen molar-refractivity contribution in [3.8, 4) is 0 Å². The summed E-state index contributed by atoms with van der Waals surface area (Å²) in [7, 11) is 0. The van der Waals surface area contributed by atoms with Crippen molar-refractivity contribution in [1.82, 2.24) is 9.80 Å². The van der Waals surface area contributed by atoms with Crippen molar-refractivity contribution in [3.05, 3.63) is 29.6 Å². The molecule has 1 N–H and O–H groups in total. The van der Waals surface area contributed by atoms with Gasteiger partial charge in [-0.15, -0.1) is 0 Å². The second-order valence-corrected chi connectivity index (χ2v) is 5.75.